The Morgan fingerprint density at radius 1 is 1.00 bits per heavy atom. The molecular weight excluding hydrogens is 446 g/mol. The Bertz CT molecular complexity index is 1270. The van der Waals surface area contributed by atoms with Crippen molar-refractivity contribution in [1.29, 1.82) is 0 Å². The summed E-state index contributed by atoms with van der Waals surface area (Å²) in [5.41, 5.74) is 1.05. The van der Waals surface area contributed by atoms with E-state index in [1.54, 1.807) is 35.6 Å². The van der Waals surface area contributed by atoms with Crippen molar-refractivity contribution in [2.75, 3.05) is 10.6 Å². The van der Waals surface area contributed by atoms with E-state index < -0.39 is 17.5 Å². The summed E-state index contributed by atoms with van der Waals surface area (Å²) in [5.74, 6) is -2.41. The van der Waals surface area contributed by atoms with Gasteiger partial charge in [-0.05, 0) is 54.6 Å². The normalized spacial score (nSPS) is 10.7. The molecular formula is C24H20F2N4O2S. The maximum atomic E-state index is 14.0. The first-order valence-electron chi connectivity index (χ1n) is 10.2. The third-order valence-corrected chi connectivity index (χ3v) is 5.81. The number of aromatic amines is 1. The number of hydrogen-bond donors (Lipinski definition) is 3. The molecule has 0 radical (unpaired) electrons. The van der Waals surface area contributed by atoms with Gasteiger partial charge in [0.1, 0.15) is 0 Å². The van der Waals surface area contributed by atoms with E-state index >= 15 is 0 Å². The summed E-state index contributed by atoms with van der Waals surface area (Å²) in [6.07, 6.45) is 1.96. The summed E-state index contributed by atoms with van der Waals surface area (Å²) in [6.45, 7) is 0. The lowest BCUT2D eigenvalue weighted by Gasteiger charge is -2.07. The molecule has 2 aromatic carbocycles. The van der Waals surface area contributed by atoms with Crippen LogP contribution in [0.2, 0.25) is 0 Å². The van der Waals surface area contributed by atoms with Crippen molar-refractivity contribution >= 4 is 34.7 Å². The number of amides is 2. The Morgan fingerprint density at radius 3 is 2.67 bits per heavy atom. The maximum absolute atomic E-state index is 14.0. The molecule has 0 saturated heterocycles. The van der Waals surface area contributed by atoms with Crippen LogP contribution in [0.1, 0.15) is 28.1 Å². The van der Waals surface area contributed by atoms with Crippen LogP contribution in [0.15, 0.2) is 66.0 Å². The van der Waals surface area contributed by atoms with Gasteiger partial charge in [0, 0.05) is 34.2 Å². The van der Waals surface area contributed by atoms with Crippen molar-refractivity contribution in [3.05, 3.63) is 88.1 Å². The second kappa shape index (κ2) is 10.2. The molecule has 4 rings (SSSR count). The van der Waals surface area contributed by atoms with Gasteiger partial charge in [-0.3, -0.25) is 14.7 Å². The van der Waals surface area contributed by atoms with Gasteiger partial charge in [0.2, 0.25) is 5.91 Å². The highest BCUT2D eigenvalue weighted by Crippen LogP contribution is 2.24. The number of carbonyl (C=O) groups excluding carboxylic acids is 2. The number of carbonyl (C=O) groups is 2. The average molecular weight is 467 g/mol. The quantitative estimate of drug-likeness (QED) is 0.315. The fraction of sp³-hybridized carbons (Fsp3) is 0.125. The Balaban J connectivity index is 1.35. The summed E-state index contributed by atoms with van der Waals surface area (Å²) in [7, 11) is 0. The van der Waals surface area contributed by atoms with Crippen LogP contribution >= 0.6 is 11.3 Å². The molecule has 0 aliphatic rings. The molecule has 0 aliphatic carbocycles. The van der Waals surface area contributed by atoms with Crippen LogP contribution in [-0.2, 0) is 11.2 Å². The van der Waals surface area contributed by atoms with Crippen molar-refractivity contribution in [3.8, 4) is 11.3 Å². The number of thiophene rings is 1. The summed E-state index contributed by atoms with van der Waals surface area (Å²) in [4.78, 5) is 26.1. The third kappa shape index (κ3) is 5.69. The van der Waals surface area contributed by atoms with Crippen LogP contribution in [0.4, 0.5) is 20.3 Å². The topological polar surface area (TPSA) is 86.9 Å². The van der Waals surface area contributed by atoms with E-state index in [1.807, 2.05) is 17.5 Å². The highest BCUT2D eigenvalue weighted by Gasteiger charge is 2.14. The molecule has 3 N–H and O–H groups in total. The van der Waals surface area contributed by atoms with Crippen molar-refractivity contribution in [2.24, 2.45) is 0 Å². The number of benzene rings is 2. The molecule has 2 aromatic heterocycles. The van der Waals surface area contributed by atoms with Gasteiger partial charge in [-0.15, -0.1) is 11.3 Å². The van der Waals surface area contributed by atoms with Gasteiger partial charge in [-0.25, -0.2) is 8.78 Å². The van der Waals surface area contributed by atoms with Crippen LogP contribution in [0.25, 0.3) is 11.3 Å². The van der Waals surface area contributed by atoms with Gasteiger partial charge in [-0.2, -0.15) is 5.10 Å². The summed E-state index contributed by atoms with van der Waals surface area (Å²) in [5, 5.41) is 13.9. The van der Waals surface area contributed by atoms with Crippen LogP contribution in [-0.4, -0.2) is 22.0 Å². The molecule has 33 heavy (non-hydrogen) atoms. The molecule has 0 unspecified atom stereocenters. The minimum absolute atomic E-state index is 0.00628. The first-order chi connectivity index (χ1) is 16.0. The molecule has 168 valence electrons. The van der Waals surface area contributed by atoms with Gasteiger partial charge in [-0.1, -0.05) is 18.2 Å². The molecule has 0 fully saturated rings. The molecule has 9 heteroatoms. The Labute approximate surface area is 192 Å². The SMILES string of the molecule is O=C(CCCc1cccs1)Nc1cccc(C(=O)Nc2cc(-c3cccc(F)c3F)[nH]n2)c1. The second-order valence-corrected chi connectivity index (χ2v) is 8.32. The lowest BCUT2D eigenvalue weighted by molar-refractivity contribution is -0.116. The fourth-order valence-corrected chi connectivity index (χ4v) is 4.01. The summed E-state index contributed by atoms with van der Waals surface area (Å²) >= 11 is 1.67. The number of hydrogen-bond acceptors (Lipinski definition) is 4. The van der Waals surface area contributed by atoms with Gasteiger partial charge in [0.15, 0.2) is 17.5 Å². The Hall–Kier alpha value is -3.85. The highest BCUT2D eigenvalue weighted by molar-refractivity contribution is 7.09. The molecule has 2 amide bonds. The number of H-pyrrole nitrogens is 1. The van der Waals surface area contributed by atoms with Crippen molar-refractivity contribution < 1.29 is 18.4 Å². The molecule has 6 nitrogen and oxygen atoms in total. The van der Waals surface area contributed by atoms with E-state index in [9.17, 15) is 18.4 Å². The van der Waals surface area contributed by atoms with E-state index in [0.29, 0.717) is 17.7 Å². The monoisotopic (exact) mass is 466 g/mol. The minimum atomic E-state index is -1.00. The van der Waals surface area contributed by atoms with Crippen molar-refractivity contribution in [3.63, 3.8) is 0 Å². The summed E-state index contributed by atoms with van der Waals surface area (Å²) < 4.78 is 27.4. The number of nitrogens with one attached hydrogen (secondary N) is 3. The number of rotatable bonds is 8. The van der Waals surface area contributed by atoms with Gasteiger partial charge >= 0.3 is 0 Å². The second-order valence-electron chi connectivity index (χ2n) is 7.28. The zero-order chi connectivity index (χ0) is 23.2. The van der Waals surface area contributed by atoms with Crippen LogP contribution < -0.4 is 10.6 Å². The van der Waals surface area contributed by atoms with E-state index in [4.69, 9.17) is 0 Å². The molecule has 0 spiro atoms. The largest absolute Gasteiger partial charge is 0.326 e. The highest BCUT2D eigenvalue weighted by atomic mass is 32.1. The zero-order valence-electron chi connectivity index (χ0n) is 17.4. The summed E-state index contributed by atoms with van der Waals surface area (Å²) in [6, 6.07) is 15.8. The van der Waals surface area contributed by atoms with Crippen LogP contribution in [0.3, 0.4) is 0 Å². The first-order valence-corrected chi connectivity index (χ1v) is 11.1. The van der Waals surface area contributed by atoms with E-state index in [2.05, 4.69) is 20.8 Å². The smallest absolute Gasteiger partial charge is 0.256 e. The third-order valence-electron chi connectivity index (χ3n) is 4.88. The maximum Gasteiger partial charge on any atom is 0.256 e. The van der Waals surface area contributed by atoms with E-state index in [0.717, 1.165) is 18.9 Å². The minimum Gasteiger partial charge on any atom is -0.326 e. The average Bonchev–Trinajstić information content (AvgIpc) is 3.48. The van der Waals surface area contributed by atoms with Crippen molar-refractivity contribution in [1.82, 2.24) is 10.2 Å². The lowest BCUT2D eigenvalue weighted by Crippen LogP contribution is -2.14. The standard InChI is InChI=1S/C24H20F2N4O2S/c25-19-10-3-9-18(23(19)26)20-14-21(30-29-20)28-24(32)15-5-1-6-16(13-15)27-22(31)11-2-7-17-8-4-12-33-17/h1,3-6,8-10,12-14H,2,7,11H2,(H,27,31)(H2,28,29,30,32). The zero-order valence-corrected chi connectivity index (χ0v) is 18.2. The van der Waals surface area contributed by atoms with Gasteiger partial charge < -0.3 is 10.6 Å². The first kappa shape index (κ1) is 22.3. The van der Waals surface area contributed by atoms with Gasteiger partial charge in [0.05, 0.1) is 5.69 Å². The van der Waals surface area contributed by atoms with Crippen molar-refractivity contribution in [2.45, 2.75) is 19.3 Å². The number of aryl methyl sites for hydroxylation is 1. The van der Waals surface area contributed by atoms with E-state index in [-0.39, 0.29) is 23.0 Å². The number of halogens is 2. The van der Waals surface area contributed by atoms with Crippen LogP contribution in [0, 0.1) is 11.6 Å². The van der Waals surface area contributed by atoms with E-state index in [1.165, 1.54) is 23.1 Å². The molecule has 0 bridgehead atoms. The lowest BCUT2D eigenvalue weighted by atomic mass is 10.1. The molecule has 2 heterocycles. The van der Waals surface area contributed by atoms with Gasteiger partial charge in [0.25, 0.3) is 5.91 Å². The molecule has 0 saturated carbocycles. The Kier molecular flexibility index (Phi) is 6.89. The predicted octanol–water partition coefficient (Wildman–Crippen LogP) is 5.63. The molecule has 4 aromatic rings. The Morgan fingerprint density at radius 2 is 1.85 bits per heavy atom. The molecule has 0 aliphatic heterocycles. The van der Waals surface area contributed by atoms with Crippen LogP contribution in [0.5, 0.6) is 0 Å². The number of aromatic nitrogens is 2. The number of anilines is 2. The molecule has 0 atom stereocenters. The predicted molar refractivity (Wildman–Crippen MR) is 124 cm³/mol. The number of nitrogens with zero attached hydrogens (tertiary/aromatic N) is 1. The fourth-order valence-electron chi connectivity index (χ4n) is 3.26.